The lowest BCUT2D eigenvalue weighted by Gasteiger charge is -2.09. The second kappa shape index (κ2) is 4.59. The van der Waals surface area contributed by atoms with Crippen molar-refractivity contribution in [2.24, 2.45) is 7.05 Å². The van der Waals surface area contributed by atoms with Crippen molar-refractivity contribution in [2.45, 2.75) is 6.92 Å². The molecule has 0 unspecified atom stereocenters. The van der Waals surface area contributed by atoms with Crippen LogP contribution in [0.4, 0.5) is 0 Å². The van der Waals surface area contributed by atoms with E-state index >= 15 is 0 Å². The molecular weight excluding hydrogens is 277 g/mol. The molecule has 2 rings (SSSR count). The number of aromatic nitrogens is 3. The predicted molar refractivity (Wildman–Crippen MR) is 69.8 cm³/mol. The van der Waals surface area contributed by atoms with Crippen LogP contribution in [0.5, 0.6) is 0 Å². The molecule has 18 heavy (non-hydrogen) atoms. The van der Waals surface area contributed by atoms with Gasteiger partial charge in [-0.2, -0.15) is 9.78 Å². The first-order chi connectivity index (χ1) is 8.41. The van der Waals surface area contributed by atoms with Gasteiger partial charge in [-0.25, -0.2) is 4.79 Å². The molecule has 1 heterocycles. The highest BCUT2D eigenvalue weighted by Crippen LogP contribution is 2.22. The largest absolute Gasteiger partial charge is 0.352 e. The lowest BCUT2D eigenvalue weighted by Crippen LogP contribution is -2.40. The van der Waals surface area contributed by atoms with Gasteiger partial charge in [-0.3, -0.25) is 9.36 Å². The summed E-state index contributed by atoms with van der Waals surface area (Å²) in [6.45, 7) is 1.53. The number of halogens is 2. The number of hydrogen-bond donors (Lipinski definition) is 0. The molecule has 0 aliphatic rings. The topological polar surface area (TPSA) is 56.9 Å². The Labute approximate surface area is 112 Å². The van der Waals surface area contributed by atoms with Crippen molar-refractivity contribution in [1.82, 2.24) is 14.3 Å². The molecule has 0 saturated heterocycles. The first-order valence-electron chi connectivity index (χ1n) is 5.04. The van der Waals surface area contributed by atoms with Crippen molar-refractivity contribution < 1.29 is 0 Å². The van der Waals surface area contributed by atoms with E-state index in [0.29, 0.717) is 10.7 Å². The minimum atomic E-state index is -0.560. The van der Waals surface area contributed by atoms with Crippen molar-refractivity contribution >= 4 is 23.2 Å². The molecule has 0 aliphatic heterocycles. The van der Waals surface area contributed by atoms with Crippen molar-refractivity contribution in [3.8, 4) is 5.69 Å². The van der Waals surface area contributed by atoms with Crippen molar-refractivity contribution in [3.05, 3.63) is 54.8 Å². The highest BCUT2D eigenvalue weighted by atomic mass is 35.5. The fourth-order valence-electron chi connectivity index (χ4n) is 1.52. The highest BCUT2D eigenvalue weighted by Gasteiger charge is 2.11. The Balaban J connectivity index is 2.80. The number of hydrogen-bond acceptors (Lipinski definition) is 3. The van der Waals surface area contributed by atoms with Crippen LogP contribution in [0.15, 0.2) is 27.8 Å². The summed E-state index contributed by atoms with van der Waals surface area (Å²) in [5.41, 5.74) is -0.399. The van der Waals surface area contributed by atoms with Gasteiger partial charge < -0.3 is 0 Å². The normalized spacial score (nSPS) is 10.7. The zero-order valence-electron chi connectivity index (χ0n) is 9.65. The second-order valence-electron chi connectivity index (χ2n) is 3.74. The average molecular weight is 286 g/mol. The molecule has 0 amide bonds. The molecule has 0 N–H and O–H groups in total. The van der Waals surface area contributed by atoms with Gasteiger partial charge in [-0.1, -0.05) is 23.2 Å². The third-order valence-corrected chi connectivity index (χ3v) is 3.01. The van der Waals surface area contributed by atoms with Gasteiger partial charge in [0, 0.05) is 12.1 Å². The maximum absolute atomic E-state index is 12.0. The van der Waals surface area contributed by atoms with Crippen LogP contribution in [0.3, 0.4) is 0 Å². The van der Waals surface area contributed by atoms with Gasteiger partial charge in [-0.05, 0) is 25.1 Å². The van der Waals surface area contributed by atoms with Crippen molar-refractivity contribution in [2.75, 3.05) is 0 Å². The first-order valence-corrected chi connectivity index (χ1v) is 5.80. The molecule has 0 atom stereocenters. The second-order valence-corrected chi connectivity index (χ2v) is 4.58. The molecule has 0 saturated carbocycles. The minimum Gasteiger partial charge on any atom is -0.267 e. The summed E-state index contributed by atoms with van der Waals surface area (Å²) in [4.78, 5) is 23.5. The summed E-state index contributed by atoms with van der Waals surface area (Å²) in [5, 5.41) is 4.68. The fraction of sp³-hybridized carbons (Fsp3) is 0.182. The third kappa shape index (κ3) is 2.07. The Kier molecular flexibility index (Phi) is 3.28. The molecule has 1 aromatic carbocycles. The predicted octanol–water partition coefficient (Wildman–Crippen LogP) is 1.55. The highest BCUT2D eigenvalue weighted by molar-refractivity contribution is 6.35. The lowest BCUT2D eigenvalue weighted by atomic mass is 10.3. The van der Waals surface area contributed by atoms with Crippen LogP contribution in [-0.4, -0.2) is 14.3 Å². The Morgan fingerprint density at radius 3 is 2.50 bits per heavy atom. The Hall–Kier alpha value is -1.59. The standard InChI is InChI=1S/C11H9Cl2N3O2/c1-6-10(17)15(2)11(18)16(14-6)9-4-3-7(12)5-8(9)13/h3-5H,1-2H3. The zero-order chi connectivity index (χ0) is 13.4. The Morgan fingerprint density at radius 1 is 1.22 bits per heavy atom. The van der Waals surface area contributed by atoms with E-state index in [9.17, 15) is 9.59 Å². The van der Waals surface area contributed by atoms with Crippen LogP contribution in [0.1, 0.15) is 5.69 Å². The van der Waals surface area contributed by atoms with E-state index in [-0.39, 0.29) is 10.7 Å². The Morgan fingerprint density at radius 2 is 1.89 bits per heavy atom. The maximum atomic E-state index is 12.0. The lowest BCUT2D eigenvalue weighted by molar-refractivity contribution is 0.639. The van der Waals surface area contributed by atoms with Crippen LogP contribution in [0.25, 0.3) is 5.69 Å². The number of aryl methyl sites for hydroxylation is 1. The van der Waals surface area contributed by atoms with Crippen LogP contribution in [-0.2, 0) is 7.05 Å². The maximum Gasteiger partial charge on any atom is 0.352 e. The summed E-state index contributed by atoms with van der Waals surface area (Å²) < 4.78 is 2.06. The van der Waals surface area contributed by atoms with Gasteiger partial charge in [0.15, 0.2) is 0 Å². The van der Waals surface area contributed by atoms with Crippen LogP contribution in [0, 0.1) is 6.92 Å². The van der Waals surface area contributed by atoms with Gasteiger partial charge in [0.1, 0.15) is 5.69 Å². The Bertz CT molecular complexity index is 734. The molecule has 2 aromatic rings. The molecule has 0 aliphatic carbocycles. The molecule has 0 radical (unpaired) electrons. The fourth-order valence-corrected chi connectivity index (χ4v) is 2.01. The molecule has 5 nitrogen and oxygen atoms in total. The summed E-state index contributed by atoms with van der Waals surface area (Å²) in [6.07, 6.45) is 0. The molecule has 0 fully saturated rings. The van der Waals surface area contributed by atoms with E-state index in [4.69, 9.17) is 23.2 Å². The summed E-state index contributed by atoms with van der Waals surface area (Å²) in [7, 11) is 1.39. The number of benzene rings is 1. The van der Waals surface area contributed by atoms with Crippen molar-refractivity contribution in [3.63, 3.8) is 0 Å². The van der Waals surface area contributed by atoms with E-state index in [2.05, 4.69) is 5.10 Å². The zero-order valence-corrected chi connectivity index (χ0v) is 11.2. The van der Waals surface area contributed by atoms with E-state index < -0.39 is 11.2 Å². The monoisotopic (exact) mass is 285 g/mol. The van der Waals surface area contributed by atoms with E-state index in [1.165, 1.54) is 20.0 Å². The van der Waals surface area contributed by atoms with E-state index in [1.807, 2.05) is 0 Å². The van der Waals surface area contributed by atoms with Crippen LogP contribution < -0.4 is 11.2 Å². The average Bonchev–Trinajstić information content (AvgIpc) is 2.32. The molecule has 0 bridgehead atoms. The summed E-state index contributed by atoms with van der Waals surface area (Å²) >= 11 is 11.8. The molecule has 7 heteroatoms. The smallest absolute Gasteiger partial charge is 0.267 e. The quantitative estimate of drug-likeness (QED) is 0.799. The SMILES string of the molecule is Cc1nn(-c2ccc(Cl)cc2Cl)c(=O)n(C)c1=O. The van der Waals surface area contributed by atoms with Crippen LogP contribution in [0.2, 0.25) is 10.0 Å². The van der Waals surface area contributed by atoms with E-state index in [1.54, 1.807) is 12.1 Å². The minimum absolute atomic E-state index is 0.211. The van der Waals surface area contributed by atoms with Crippen molar-refractivity contribution in [1.29, 1.82) is 0 Å². The summed E-state index contributed by atoms with van der Waals surface area (Å²) in [5.74, 6) is 0. The first kappa shape index (κ1) is 12.9. The summed E-state index contributed by atoms with van der Waals surface area (Å²) in [6, 6.07) is 4.67. The van der Waals surface area contributed by atoms with Crippen LogP contribution >= 0.6 is 23.2 Å². The van der Waals surface area contributed by atoms with Gasteiger partial charge >= 0.3 is 5.69 Å². The molecular formula is C11H9Cl2N3O2. The third-order valence-electron chi connectivity index (χ3n) is 2.47. The van der Waals surface area contributed by atoms with E-state index in [0.717, 1.165) is 9.25 Å². The van der Waals surface area contributed by atoms with Gasteiger partial charge in [0.05, 0.1) is 10.7 Å². The molecule has 0 spiro atoms. The molecule has 1 aromatic heterocycles. The van der Waals surface area contributed by atoms with Gasteiger partial charge in [-0.15, -0.1) is 0 Å². The molecule has 94 valence electrons. The van der Waals surface area contributed by atoms with Gasteiger partial charge in [0.2, 0.25) is 0 Å². The van der Waals surface area contributed by atoms with Gasteiger partial charge in [0.25, 0.3) is 5.56 Å². The number of nitrogens with zero attached hydrogens (tertiary/aromatic N) is 3. The number of rotatable bonds is 1.